The molecule has 10 heteroatoms. The highest BCUT2D eigenvalue weighted by molar-refractivity contribution is 6.54. The molecule has 1 heterocycles. The van der Waals surface area contributed by atoms with Gasteiger partial charge in [0.15, 0.2) is 0 Å². The second-order valence-electron chi connectivity index (χ2n) is 6.63. The third-order valence-corrected chi connectivity index (χ3v) is 4.66. The van der Waals surface area contributed by atoms with Gasteiger partial charge in [0.1, 0.15) is 6.54 Å². The molecule has 0 amide bonds. The van der Waals surface area contributed by atoms with Gasteiger partial charge in [-0.25, -0.2) is 0 Å². The lowest BCUT2D eigenvalue weighted by atomic mass is 9.58. The Morgan fingerprint density at radius 2 is 1.47 bits per heavy atom. The van der Waals surface area contributed by atoms with Crippen molar-refractivity contribution < 1.29 is 26.3 Å². The molecule has 0 aliphatic heterocycles. The standard InChI is InChI=1S/C20H14BF6N3/c22-19(23,24)15-5-1-3-13(11-15)17(21-18-29-8-10-30(18)9-7-28)14-4-2-6-16(12-14)20(25,26)27/h1-6,8,10-12,17,21H,9H2. The van der Waals surface area contributed by atoms with Gasteiger partial charge in [-0.2, -0.15) is 31.6 Å². The molecule has 0 spiro atoms. The van der Waals surface area contributed by atoms with Gasteiger partial charge in [0.2, 0.25) is 7.28 Å². The van der Waals surface area contributed by atoms with E-state index in [-0.39, 0.29) is 25.0 Å². The van der Waals surface area contributed by atoms with Crippen LogP contribution in [0.5, 0.6) is 0 Å². The third-order valence-electron chi connectivity index (χ3n) is 4.66. The molecule has 0 bridgehead atoms. The molecule has 3 rings (SSSR count). The molecule has 0 N–H and O–H groups in total. The quantitative estimate of drug-likeness (QED) is 0.456. The first-order valence-corrected chi connectivity index (χ1v) is 8.81. The van der Waals surface area contributed by atoms with Gasteiger partial charge in [0.25, 0.3) is 0 Å². The summed E-state index contributed by atoms with van der Waals surface area (Å²) in [7, 11) is 0.0251. The topological polar surface area (TPSA) is 41.6 Å². The van der Waals surface area contributed by atoms with Gasteiger partial charge in [-0.3, -0.25) is 4.98 Å². The summed E-state index contributed by atoms with van der Waals surface area (Å²) >= 11 is 0. The summed E-state index contributed by atoms with van der Waals surface area (Å²) < 4.78 is 80.7. The number of hydrogen-bond acceptors (Lipinski definition) is 2. The zero-order chi connectivity index (χ0) is 21.9. The number of nitrogens with zero attached hydrogens (tertiary/aromatic N) is 3. The summed E-state index contributed by atoms with van der Waals surface area (Å²) in [6.45, 7) is -0.0345. The largest absolute Gasteiger partial charge is 0.416 e. The number of halogens is 6. The fraction of sp³-hybridized carbons (Fsp3) is 0.200. The molecule has 1 aromatic heterocycles. The van der Waals surface area contributed by atoms with Crippen LogP contribution in [0.3, 0.4) is 0 Å². The Labute approximate surface area is 168 Å². The first-order valence-electron chi connectivity index (χ1n) is 8.81. The van der Waals surface area contributed by atoms with E-state index in [2.05, 4.69) is 4.98 Å². The Morgan fingerprint density at radius 3 is 1.93 bits per heavy atom. The van der Waals surface area contributed by atoms with Gasteiger partial charge in [-0.15, -0.1) is 0 Å². The van der Waals surface area contributed by atoms with Crippen molar-refractivity contribution in [1.29, 1.82) is 5.26 Å². The minimum absolute atomic E-state index is 0.0251. The lowest BCUT2D eigenvalue weighted by molar-refractivity contribution is -0.138. The van der Waals surface area contributed by atoms with Crippen molar-refractivity contribution in [2.24, 2.45) is 0 Å². The summed E-state index contributed by atoms with van der Waals surface area (Å²) in [5.74, 6) is -0.825. The van der Waals surface area contributed by atoms with Gasteiger partial charge >= 0.3 is 12.4 Å². The van der Waals surface area contributed by atoms with Crippen LogP contribution in [0.1, 0.15) is 28.1 Å². The molecule has 0 radical (unpaired) electrons. The van der Waals surface area contributed by atoms with Crippen LogP contribution in [0, 0.1) is 11.3 Å². The molecular weight excluding hydrogens is 407 g/mol. The maximum absolute atomic E-state index is 13.2. The zero-order valence-corrected chi connectivity index (χ0v) is 15.4. The number of imidazole rings is 1. The fourth-order valence-electron chi connectivity index (χ4n) is 3.22. The monoisotopic (exact) mass is 421 g/mol. The number of benzene rings is 2. The van der Waals surface area contributed by atoms with E-state index in [0.717, 1.165) is 24.3 Å². The van der Waals surface area contributed by atoms with Crippen LogP contribution in [0.2, 0.25) is 0 Å². The summed E-state index contributed by atoms with van der Waals surface area (Å²) in [5, 5.41) is 8.93. The molecule has 0 saturated carbocycles. The van der Waals surface area contributed by atoms with Crippen LogP contribution in [0.4, 0.5) is 26.3 Å². The normalized spacial score (nSPS) is 12.1. The molecule has 0 saturated heterocycles. The lowest BCUT2D eigenvalue weighted by Crippen LogP contribution is -2.31. The smallest absolute Gasteiger partial charge is 0.329 e. The highest BCUT2D eigenvalue weighted by atomic mass is 19.4. The van der Waals surface area contributed by atoms with E-state index < -0.39 is 29.3 Å². The minimum Gasteiger partial charge on any atom is -0.329 e. The summed E-state index contributed by atoms with van der Waals surface area (Å²) in [4.78, 5) is 4.14. The van der Waals surface area contributed by atoms with E-state index in [4.69, 9.17) is 5.26 Å². The number of hydrogen-bond donors (Lipinski definition) is 0. The summed E-state index contributed by atoms with van der Waals surface area (Å²) in [5.41, 5.74) is -0.989. The van der Waals surface area contributed by atoms with Gasteiger partial charge < -0.3 is 4.57 Å². The van der Waals surface area contributed by atoms with E-state index in [1.165, 1.54) is 41.2 Å². The van der Waals surface area contributed by atoms with Gasteiger partial charge in [0.05, 0.1) is 22.9 Å². The van der Waals surface area contributed by atoms with Crippen LogP contribution >= 0.6 is 0 Å². The highest BCUT2D eigenvalue weighted by Crippen LogP contribution is 2.35. The van der Waals surface area contributed by atoms with E-state index in [9.17, 15) is 26.3 Å². The van der Waals surface area contributed by atoms with E-state index in [1.54, 1.807) is 0 Å². The van der Waals surface area contributed by atoms with Gasteiger partial charge in [-0.05, 0) is 29.1 Å². The predicted molar refractivity (Wildman–Crippen MR) is 99.4 cm³/mol. The Morgan fingerprint density at radius 1 is 0.933 bits per heavy atom. The van der Waals surface area contributed by atoms with Crippen molar-refractivity contribution in [3.8, 4) is 6.07 Å². The third kappa shape index (κ3) is 4.85. The molecule has 0 aliphatic rings. The average Bonchev–Trinajstić information content (AvgIpc) is 3.12. The molecule has 154 valence electrons. The minimum atomic E-state index is -4.59. The van der Waals surface area contributed by atoms with Crippen LogP contribution in [-0.2, 0) is 18.9 Å². The Balaban J connectivity index is 2.10. The summed E-state index contributed by atoms with van der Waals surface area (Å²) in [6.07, 6.45) is -6.21. The number of alkyl halides is 6. The predicted octanol–water partition coefficient (Wildman–Crippen LogP) is 4.30. The van der Waals surface area contributed by atoms with E-state index >= 15 is 0 Å². The van der Waals surface area contributed by atoms with Crippen molar-refractivity contribution in [1.82, 2.24) is 9.55 Å². The molecule has 3 aromatic rings. The maximum atomic E-state index is 13.2. The average molecular weight is 421 g/mol. The number of rotatable bonds is 5. The zero-order valence-electron chi connectivity index (χ0n) is 15.4. The van der Waals surface area contributed by atoms with Crippen molar-refractivity contribution in [2.75, 3.05) is 0 Å². The molecule has 0 aliphatic carbocycles. The van der Waals surface area contributed by atoms with Gasteiger partial charge in [0, 0.05) is 12.4 Å². The van der Waals surface area contributed by atoms with Crippen molar-refractivity contribution in [3.63, 3.8) is 0 Å². The van der Waals surface area contributed by atoms with Crippen molar-refractivity contribution in [3.05, 3.63) is 83.2 Å². The fourth-order valence-corrected chi connectivity index (χ4v) is 3.22. The number of nitriles is 1. The Hall–Kier alpha value is -3.22. The first kappa shape index (κ1) is 21.5. The van der Waals surface area contributed by atoms with Crippen molar-refractivity contribution in [2.45, 2.75) is 24.7 Å². The Kier molecular flexibility index (Phi) is 5.92. The maximum Gasteiger partial charge on any atom is 0.416 e. The van der Waals surface area contributed by atoms with Gasteiger partial charge in [-0.1, -0.05) is 36.4 Å². The molecule has 0 atom stereocenters. The van der Waals surface area contributed by atoms with Crippen molar-refractivity contribution >= 4 is 13.0 Å². The van der Waals surface area contributed by atoms with Crippen LogP contribution in [-0.4, -0.2) is 16.8 Å². The van der Waals surface area contributed by atoms with Crippen LogP contribution < -0.4 is 5.72 Å². The number of aromatic nitrogens is 2. The highest BCUT2D eigenvalue weighted by Gasteiger charge is 2.33. The van der Waals surface area contributed by atoms with E-state index in [1.807, 2.05) is 6.07 Å². The SMILES string of the molecule is N#CCn1ccnc1BC(c1cccc(C(F)(F)F)c1)c1cccc(C(F)(F)F)c1. The molecule has 0 unspecified atom stereocenters. The molecule has 2 aromatic carbocycles. The molecule has 3 nitrogen and oxygen atoms in total. The molecule has 30 heavy (non-hydrogen) atoms. The Bertz CT molecular complexity index is 1010. The molecule has 0 fully saturated rings. The lowest BCUT2D eigenvalue weighted by Gasteiger charge is -2.20. The van der Waals surface area contributed by atoms with Crippen LogP contribution in [0.25, 0.3) is 0 Å². The van der Waals surface area contributed by atoms with Crippen LogP contribution in [0.15, 0.2) is 60.9 Å². The first-order chi connectivity index (χ1) is 14.1. The summed E-state index contributed by atoms with van der Waals surface area (Å²) in [6, 6.07) is 11.0. The second-order valence-corrected chi connectivity index (χ2v) is 6.63. The molecular formula is C20H14BF6N3. The second kappa shape index (κ2) is 8.26. The van der Waals surface area contributed by atoms with E-state index in [0.29, 0.717) is 5.72 Å².